The second-order valence-corrected chi connectivity index (χ2v) is 7.07. The molecule has 0 aliphatic carbocycles. The molecule has 0 atom stereocenters. The molecular formula is C18H18Br2N2O3. The fourth-order valence-corrected chi connectivity index (χ4v) is 3.65. The summed E-state index contributed by atoms with van der Waals surface area (Å²) in [5.41, 5.74) is 1.61. The molecule has 2 rings (SSSR count). The lowest BCUT2D eigenvalue weighted by Crippen LogP contribution is -2.14. The zero-order valence-corrected chi connectivity index (χ0v) is 17.0. The molecule has 0 fully saturated rings. The molecule has 0 spiro atoms. The first-order valence-corrected chi connectivity index (χ1v) is 9.27. The van der Waals surface area contributed by atoms with E-state index in [0.717, 1.165) is 10.9 Å². The number of hydrogen-bond donors (Lipinski definition) is 2. The number of carbonyl (C=O) groups is 2. The van der Waals surface area contributed by atoms with Gasteiger partial charge in [-0.1, -0.05) is 28.9 Å². The molecule has 132 valence electrons. The van der Waals surface area contributed by atoms with Crippen LogP contribution >= 0.6 is 31.9 Å². The monoisotopic (exact) mass is 468 g/mol. The van der Waals surface area contributed by atoms with Crippen molar-refractivity contribution in [3.05, 3.63) is 50.9 Å². The van der Waals surface area contributed by atoms with Crippen molar-refractivity contribution in [3.63, 3.8) is 0 Å². The van der Waals surface area contributed by atoms with Crippen LogP contribution in [0.25, 0.3) is 0 Å². The Morgan fingerprint density at radius 3 is 2.40 bits per heavy atom. The minimum atomic E-state index is -0.309. The van der Waals surface area contributed by atoms with Crippen molar-refractivity contribution in [1.29, 1.82) is 0 Å². The molecule has 5 nitrogen and oxygen atoms in total. The van der Waals surface area contributed by atoms with Gasteiger partial charge < -0.3 is 15.4 Å². The van der Waals surface area contributed by atoms with Gasteiger partial charge in [-0.15, -0.1) is 0 Å². The van der Waals surface area contributed by atoms with E-state index in [0.29, 0.717) is 33.6 Å². The molecule has 25 heavy (non-hydrogen) atoms. The molecule has 0 saturated carbocycles. The predicted molar refractivity (Wildman–Crippen MR) is 106 cm³/mol. The maximum Gasteiger partial charge on any atom is 0.259 e. The molecule has 7 heteroatoms. The van der Waals surface area contributed by atoms with Crippen molar-refractivity contribution in [1.82, 2.24) is 0 Å². The van der Waals surface area contributed by atoms with Crippen molar-refractivity contribution >= 4 is 55.0 Å². The Bertz CT molecular complexity index is 794. The summed E-state index contributed by atoms with van der Waals surface area (Å²) < 4.78 is 6.74. The average Bonchev–Trinajstić information content (AvgIpc) is 2.54. The fourth-order valence-electron chi connectivity index (χ4n) is 2.26. The molecular weight excluding hydrogens is 452 g/mol. The molecule has 0 bridgehead atoms. The molecule has 0 unspecified atom stereocenters. The highest BCUT2D eigenvalue weighted by molar-refractivity contribution is 9.11. The number of carbonyl (C=O) groups excluding carboxylic acids is 2. The third-order valence-electron chi connectivity index (χ3n) is 3.34. The summed E-state index contributed by atoms with van der Waals surface area (Å²) in [4.78, 5) is 24.3. The number of anilines is 2. The van der Waals surface area contributed by atoms with E-state index in [9.17, 15) is 9.59 Å². The van der Waals surface area contributed by atoms with Crippen molar-refractivity contribution in [3.8, 4) is 5.75 Å². The largest absolute Gasteiger partial charge is 0.495 e. The number of hydrogen-bond acceptors (Lipinski definition) is 3. The van der Waals surface area contributed by atoms with Gasteiger partial charge in [-0.05, 0) is 52.7 Å². The van der Waals surface area contributed by atoms with Crippen LogP contribution in [0.2, 0.25) is 0 Å². The fraction of sp³-hybridized carbons (Fsp3) is 0.222. The molecule has 2 amide bonds. The Morgan fingerprint density at radius 1 is 1.08 bits per heavy atom. The topological polar surface area (TPSA) is 67.4 Å². The van der Waals surface area contributed by atoms with E-state index >= 15 is 0 Å². The van der Waals surface area contributed by atoms with E-state index in [-0.39, 0.29) is 11.8 Å². The second-order valence-electron chi connectivity index (χ2n) is 5.30. The molecule has 2 aromatic carbocycles. The van der Waals surface area contributed by atoms with Gasteiger partial charge in [0.2, 0.25) is 5.91 Å². The third-order valence-corrected chi connectivity index (χ3v) is 4.39. The van der Waals surface area contributed by atoms with Crippen LogP contribution in [-0.2, 0) is 4.79 Å². The van der Waals surface area contributed by atoms with Crippen LogP contribution in [-0.4, -0.2) is 18.9 Å². The van der Waals surface area contributed by atoms with Gasteiger partial charge in [0.05, 0.1) is 17.1 Å². The number of methoxy groups -OCH3 is 1. The summed E-state index contributed by atoms with van der Waals surface area (Å²) in [7, 11) is 1.51. The van der Waals surface area contributed by atoms with Crippen LogP contribution in [0.3, 0.4) is 0 Å². The molecule has 0 aliphatic rings. The van der Waals surface area contributed by atoms with E-state index in [4.69, 9.17) is 4.74 Å². The number of amides is 2. The normalized spacial score (nSPS) is 10.2. The van der Waals surface area contributed by atoms with Gasteiger partial charge in [0.15, 0.2) is 0 Å². The summed E-state index contributed by atoms with van der Waals surface area (Å²) in [5, 5.41) is 5.63. The lowest BCUT2D eigenvalue weighted by atomic mass is 10.1. The van der Waals surface area contributed by atoms with Crippen LogP contribution in [0.4, 0.5) is 11.4 Å². The van der Waals surface area contributed by atoms with E-state index < -0.39 is 0 Å². The van der Waals surface area contributed by atoms with Crippen LogP contribution in [0.15, 0.2) is 45.3 Å². The first-order valence-electron chi connectivity index (χ1n) is 7.69. The first-order chi connectivity index (χ1) is 11.9. The Morgan fingerprint density at radius 2 is 1.76 bits per heavy atom. The minimum Gasteiger partial charge on any atom is -0.495 e. The van der Waals surface area contributed by atoms with Gasteiger partial charge in [-0.2, -0.15) is 0 Å². The molecule has 0 aromatic heterocycles. The van der Waals surface area contributed by atoms with E-state index in [1.54, 1.807) is 36.4 Å². The first kappa shape index (κ1) is 19.5. The smallest absolute Gasteiger partial charge is 0.259 e. The second kappa shape index (κ2) is 9.01. The minimum absolute atomic E-state index is 0.0523. The van der Waals surface area contributed by atoms with Crippen molar-refractivity contribution in [2.75, 3.05) is 17.7 Å². The summed E-state index contributed by atoms with van der Waals surface area (Å²) in [6, 6.07) is 10.5. The lowest BCUT2D eigenvalue weighted by molar-refractivity contribution is -0.116. The molecule has 2 aromatic rings. The quantitative estimate of drug-likeness (QED) is 0.610. The zero-order valence-electron chi connectivity index (χ0n) is 13.9. The summed E-state index contributed by atoms with van der Waals surface area (Å²) in [6.07, 6.45) is 1.24. The van der Waals surface area contributed by atoms with E-state index in [1.807, 2.05) is 6.92 Å². The van der Waals surface area contributed by atoms with Gasteiger partial charge >= 0.3 is 0 Å². The molecule has 2 N–H and O–H groups in total. The predicted octanol–water partition coefficient (Wildman–Crippen LogP) is 5.21. The van der Waals surface area contributed by atoms with Crippen LogP contribution in [0.5, 0.6) is 5.75 Å². The van der Waals surface area contributed by atoms with E-state index in [1.165, 1.54) is 7.11 Å². The zero-order chi connectivity index (χ0) is 18.4. The number of benzene rings is 2. The number of ether oxygens (including phenoxy) is 1. The standard InChI is InChI=1S/C18H18Br2N2O3/c1-3-5-16(23)21-12-6-4-7-13(10-12)22-18(24)14-8-11(19)9-15(20)17(14)25-2/h4,6-10H,3,5H2,1-2H3,(H,21,23)(H,22,24). The number of nitrogens with one attached hydrogen (secondary N) is 2. The molecule has 0 radical (unpaired) electrons. The Labute approximate surface area is 163 Å². The number of rotatable bonds is 6. The van der Waals surface area contributed by atoms with Crippen LogP contribution in [0, 0.1) is 0 Å². The highest BCUT2D eigenvalue weighted by Gasteiger charge is 2.16. The summed E-state index contributed by atoms with van der Waals surface area (Å²) >= 11 is 6.75. The Kier molecular flexibility index (Phi) is 7.01. The van der Waals surface area contributed by atoms with Gasteiger partial charge in [0, 0.05) is 22.3 Å². The SMILES string of the molecule is CCCC(=O)Nc1cccc(NC(=O)c2cc(Br)cc(Br)c2OC)c1. The highest BCUT2D eigenvalue weighted by atomic mass is 79.9. The molecule has 0 heterocycles. The van der Waals surface area contributed by atoms with Gasteiger partial charge in [-0.3, -0.25) is 9.59 Å². The van der Waals surface area contributed by atoms with Crippen molar-refractivity contribution in [2.24, 2.45) is 0 Å². The lowest BCUT2D eigenvalue weighted by Gasteiger charge is -2.12. The van der Waals surface area contributed by atoms with Crippen molar-refractivity contribution in [2.45, 2.75) is 19.8 Å². The van der Waals surface area contributed by atoms with Gasteiger partial charge in [0.25, 0.3) is 5.91 Å². The van der Waals surface area contributed by atoms with E-state index in [2.05, 4.69) is 42.5 Å². The highest BCUT2D eigenvalue weighted by Crippen LogP contribution is 2.33. The van der Waals surface area contributed by atoms with Gasteiger partial charge in [-0.25, -0.2) is 0 Å². The third kappa shape index (κ3) is 5.31. The van der Waals surface area contributed by atoms with Crippen molar-refractivity contribution < 1.29 is 14.3 Å². The summed E-state index contributed by atoms with van der Waals surface area (Å²) in [6.45, 7) is 1.94. The van der Waals surface area contributed by atoms with Gasteiger partial charge in [0.1, 0.15) is 5.75 Å². The number of halogens is 2. The Hall–Kier alpha value is -1.86. The average molecular weight is 470 g/mol. The Balaban J connectivity index is 2.20. The maximum absolute atomic E-state index is 12.6. The van der Waals surface area contributed by atoms with Crippen LogP contribution in [0.1, 0.15) is 30.1 Å². The molecule has 0 aliphatic heterocycles. The maximum atomic E-state index is 12.6. The molecule has 0 saturated heterocycles. The summed E-state index contributed by atoms with van der Waals surface area (Å²) in [5.74, 6) is 0.0903. The van der Waals surface area contributed by atoms with Crippen LogP contribution < -0.4 is 15.4 Å².